The van der Waals surface area contributed by atoms with Crippen LogP contribution in [0.5, 0.6) is 0 Å². The number of hydrogen-bond donors (Lipinski definition) is 0. The van der Waals surface area contributed by atoms with Gasteiger partial charge < -0.3 is 4.52 Å². The third-order valence-corrected chi connectivity index (χ3v) is 6.65. The van der Waals surface area contributed by atoms with Crippen molar-refractivity contribution in [3.05, 3.63) is 0 Å². The molecule has 0 aliphatic rings. The van der Waals surface area contributed by atoms with Gasteiger partial charge in [0.15, 0.2) is 0 Å². The lowest BCUT2D eigenvalue weighted by Gasteiger charge is -2.17. The van der Waals surface area contributed by atoms with E-state index in [0.717, 1.165) is 38.5 Å². The first-order valence-electron chi connectivity index (χ1n) is 11.5. The lowest BCUT2D eigenvalue weighted by molar-refractivity contribution is 0.216. The van der Waals surface area contributed by atoms with E-state index in [0.29, 0.717) is 12.8 Å². The summed E-state index contributed by atoms with van der Waals surface area (Å²) in [4.78, 5) is 0. The van der Waals surface area contributed by atoms with Crippen molar-refractivity contribution < 1.29 is 13.6 Å². The van der Waals surface area contributed by atoms with Crippen LogP contribution in [0.1, 0.15) is 117 Å². The van der Waals surface area contributed by atoms with Crippen LogP contribution in [-0.4, -0.2) is 19.4 Å². The van der Waals surface area contributed by atoms with E-state index in [-0.39, 0.29) is 6.61 Å². The van der Waals surface area contributed by atoms with Gasteiger partial charge in [0.2, 0.25) is 0 Å². The molecule has 0 aromatic rings. The Morgan fingerprint density at radius 3 is 1.81 bits per heavy atom. The van der Waals surface area contributed by atoms with E-state index in [1.807, 2.05) is 0 Å². The summed E-state index contributed by atoms with van der Waals surface area (Å²) in [5, 5.41) is 0. The Morgan fingerprint density at radius 2 is 1.19 bits per heavy atom. The molecule has 1 unspecified atom stereocenters. The van der Waals surface area contributed by atoms with Crippen LogP contribution in [0, 0.1) is 11.8 Å². The predicted octanol–water partition coefficient (Wildman–Crippen LogP) is 8.13. The Balaban J connectivity index is 3.85. The van der Waals surface area contributed by atoms with E-state index in [1.165, 1.54) is 57.8 Å². The Bertz CT molecular complexity index is 412. The van der Waals surface area contributed by atoms with Gasteiger partial charge in [0, 0.05) is 6.42 Å². The van der Waals surface area contributed by atoms with Crippen molar-refractivity contribution >= 4 is 7.60 Å². The lowest BCUT2D eigenvalue weighted by atomic mass is 10.1. The Kier molecular flexibility index (Phi) is 20.2. The van der Waals surface area contributed by atoms with Crippen LogP contribution in [0.3, 0.4) is 0 Å². The van der Waals surface area contributed by atoms with Crippen LogP contribution in [-0.2, 0) is 13.6 Å². The van der Waals surface area contributed by atoms with E-state index < -0.39 is 7.60 Å². The van der Waals surface area contributed by atoms with Gasteiger partial charge in [0.05, 0.1) is 12.8 Å². The highest BCUT2D eigenvalue weighted by Crippen LogP contribution is 2.49. The van der Waals surface area contributed by atoms with Gasteiger partial charge in [0.25, 0.3) is 0 Å². The zero-order valence-corrected chi connectivity index (χ0v) is 19.3. The molecular formula is C23H45O3P. The molecule has 3 nitrogen and oxygen atoms in total. The average Bonchev–Trinajstić information content (AvgIpc) is 2.67. The van der Waals surface area contributed by atoms with Gasteiger partial charge in [-0.15, -0.1) is 5.92 Å². The van der Waals surface area contributed by atoms with Gasteiger partial charge in [0.1, 0.15) is 6.61 Å². The molecule has 0 aliphatic heterocycles. The first kappa shape index (κ1) is 26.7. The second-order valence-corrected chi connectivity index (χ2v) is 9.62. The van der Waals surface area contributed by atoms with Crippen molar-refractivity contribution in [3.63, 3.8) is 0 Å². The molecule has 4 heteroatoms. The molecule has 0 amide bonds. The van der Waals surface area contributed by atoms with E-state index in [9.17, 15) is 4.57 Å². The molecule has 0 aromatic heterocycles. The molecule has 0 radical (unpaired) electrons. The maximum atomic E-state index is 12.8. The quantitative estimate of drug-likeness (QED) is 0.125. The molecule has 1 atom stereocenters. The molecule has 0 fully saturated rings. The normalized spacial score (nSPS) is 13.1. The van der Waals surface area contributed by atoms with Gasteiger partial charge in [-0.2, -0.15) is 0 Å². The van der Waals surface area contributed by atoms with Gasteiger partial charge in [-0.3, -0.25) is 9.09 Å². The molecule has 0 saturated carbocycles. The highest BCUT2D eigenvalue weighted by molar-refractivity contribution is 7.53. The van der Waals surface area contributed by atoms with Gasteiger partial charge in [-0.1, -0.05) is 97.3 Å². The fraction of sp³-hybridized carbons (Fsp3) is 0.913. The maximum absolute atomic E-state index is 12.8. The summed E-state index contributed by atoms with van der Waals surface area (Å²) in [5.74, 6) is 6.18. The Morgan fingerprint density at radius 1 is 0.630 bits per heavy atom. The third-order valence-electron chi connectivity index (χ3n) is 4.69. The molecule has 0 aliphatic carbocycles. The summed E-state index contributed by atoms with van der Waals surface area (Å²) in [5.41, 5.74) is 0. The van der Waals surface area contributed by atoms with E-state index in [4.69, 9.17) is 9.05 Å². The molecule has 0 N–H and O–H groups in total. The number of unbranched alkanes of at least 4 members (excludes halogenated alkanes) is 12. The largest absolute Gasteiger partial charge is 0.331 e. The predicted molar refractivity (Wildman–Crippen MR) is 118 cm³/mol. The smallest absolute Gasteiger partial charge is 0.309 e. The highest BCUT2D eigenvalue weighted by atomic mass is 31.2. The topological polar surface area (TPSA) is 35.5 Å². The van der Waals surface area contributed by atoms with Crippen molar-refractivity contribution in [2.24, 2.45) is 0 Å². The van der Waals surface area contributed by atoms with Crippen LogP contribution in [0.2, 0.25) is 0 Å². The average molecular weight is 401 g/mol. The van der Waals surface area contributed by atoms with Crippen molar-refractivity contribution in [2.75, 3.05) is 19.4 Å². The van der Waals surface area contributed by atoms with E-state index in [1.54, 1.807) is 0 Å². The molecule has 0 spiro atoms. The van der Waals surface area contributed by atoms with Gasteiger partial charge >= 0.3 is 7.60 Å². The summed E-state index contributed by atoms with van der Waals surface area (Å²) in [6, 6.07) is 0. The number of hydrogen-bond acceptors (Lipinski definition) is 3. The molecule has 0 bridgehead atoms. The fourth-order valence-corrected chi connectivity index (χ4v) is 4.57. The summed E-state index contributed by atoms with van der Waals surface area (Å²) < 4.78 is 24.0. The fourth-order valence-electron chi connectivity index (χ4n) is 2.87. The summed E-state index contributed by atoms with van der Waals surface area (Å²) in [6.45, 7) is 7.29. The molecule has 0 saturated heterocycles. The minimum atomic E-state index is -2.97. The van der Waals surface area contributed by atoms with E-state index in [2.05, 4.69) is 32.6 Å². The van der Waals surface area contributed by atoms with Crippen LogP contribution in [0.4, 0.5) is 0 Å². The Labute approximate surface area is 169 Å². The SMILES string of the molecule is CCCCCCCCCCC#CCOP(=O)(CCCC)OCCCCCC. The summed E-state index contributed by atoms with van der Waals surface area (Å²) in [7, 11) is -2.97. The Hall–Kier alpha value is -0.290. The van der Waals surface area contributed by atoms with Crippen molar-refractivity contribution in [3.8, 4) is 11.8 Å². The van der Waals surface area contributed by atoms with Gasteiger partial charge in [-0.05, 0) is 19.3 Å². The highest BCUT2D eigenvalue weighted by Gasteiger charge is 2.23. The molecule has 160 valence electrons. The second kappa shape index (κ2) is 20.4. The first-order chi connectivity index (χ1) is 13.2. The zero-order valence-electron chi connectivity index (χ0n) is 18.4. The van der Waals surface area contributed by atoms with Crippen molar-refractivity contribution in [2.45, 2.75) is 117 Å². The molecule has 0 rings (SSSR count). The monoisotopic (exact) mass is 400 g/mol. The maximum Gasteiger partial charge on any atom is 0.331 e. The van der Waals surface area contributed by atoms with E-state index >= 15 is 0 Å². The van der Waals surface area contributed by atoms with Gasteiger partial charge in [-0.25, -0.2) is 0 Å². The first-order valence-corrected chi connectivity index (χ1v) is 13.2. The van der Waals surface area contributed by atoms with Crippen molar-refractivity contribution in [1.82, 2.24) is 0 Å². The van der Waals surface area contributed by atoms with Crippen LogP contribution in [0.25, 0.3) is 0 Å². The third kappa shape index (κ3) is 18.8. The molecule has 0 aromatic carbocycles. The molecular weight excluding hydrogens is 355 g/mol. The van der Waals surface area contributed by atoms with Crippen LogP contribution in [0.15, 0.2) is 0 Å². The lowest BCUT2D eigenvalue weighted by Crippen LogP contribution is -2.02. The summed E-state index contributed by atoms with van der Waals surface area (Å²) >= 11 is 0. The van der Waals surface area contributed by atoms with Crippen LogP contribution < -0.4 is 0 Å². The standard InChI is InChI=1S/C23H45O3P/c1-4-7-10-12-13-14-15-16-17-18-20-22-26-27(24,23-9-6-3)25-21-19-11-8-5-2/h4-17,19,21-23H2,1-3H3. The zero-order chi connectivity index (χ0) is 20.1. The summed E-state index contributed by atoms with van der Waals surface area (Å²) in [6.07, 6.45) is 18.3. The number of rotatable bonds is 19. The molecule has 27 heavy (non-hydrogen) atoms. The van der Waals surface area contributed by atoms with Crippen LogP contribution >= 0.6 is 7.60 Å². The van der Waals surface area contributed by atoms with Crippen molar-refractivity contribution in [1.29, 1.82) is 0 Å². The minimum absolute atomic E-state index is 0.229. The molecule has 0 heterocycles. The second-order valence-electron chi connectivity index (χ2n) is 7.43. The minimum Gasteiger partial charge on any atom is -0.309 e.